The molecule has 0 unspecified atom stereocenters. The second-order valence-corrected chi connectivity index (χ2v) is 6.06. The number of nitrogens with one attached hydrogen (secondary N) is 1. The molecule has 0 heterocycles. The minimum Gasteiger partial charge on any atom is -0.490 e. The van der Waals surface area contributed by atoms with Gasteiger partial charge in [-0.2, -0.15) is 0 Å². The second-order valence-electron chi connectivity index (χ2n) is 4.84. The van der Waals surface area contributed by atoms with Crippen molar-refractivity contribution in [3.05, 3.63) is 56.5 Å². The van der Waals surface area contributed by atoms with Gasteiger partial charge in [0.2, 0.25) is 0 Å². The van der Waals surface area contributed by atoms with Gasteiger partial charge < -0.3 is 14.8 Å². The molecule has 0 atom stereocenters. The van der Waals surface area contributed by atoms with E-state index in [1.807, 2.05) is 20.0 Å². The van der Waals surface area contributed by atoms with Gasteiger partial charge >= 0.3 is 0 Å². The van der Waals surface area contributed by atoms with Crippen molar-refractivity contribution in [2.75, 3.05) is 13.7 Å². The van der Waals surface area contributed by atoms with Crippen LogP contribution in [0.5, 0.6) is 11.5 Å². The second kappa shape index (κ2) is 8.65. The minimum atomic E-state index is 0.236. The lowest BCUT2D eigenvalue weighted by atomic mass is 10.2. The van der Waals surface area contributed by atoms with Gasteiger partial charge in [0, 0.05) is 33.2 Å². The fourth-order valence-electron chi connectivity index (χ4n) is 2.10. The zero-order valence-electron chi connectivity index (χ0n) is 13.0. The molecule has 1 N–H and O–H groups in total. The van der Waals surface area contributed by atoms with Crippen LogP contribution in [-0.2, 0) is 13.2 Å². The van der Waals surface area contributed by atoms with Crippen LogP contribution in [0.3, 0.4) is 0 Å². The van der Waals surface area contributed by atoms with Crippen LogP contribution in [0.1, 0.15) is 18.1 Å². The number of hydrogen-bond donors (Lipinski definition) is 1. The lowest BCUT2D eigenvalue weighted by molar-refractivity contribution is 0.269. The Hall–Kier alpha value is -1.13. The fraction of sp³-hybridized carbons (Fsp3) is 0.294. The summed E-state index contributed by atoms with van der Waals surface area (Å²) in [5.74, 6) is 1.21. The van der Waals surface area contributed by atoms with Gasteiger partial charge in [-0.3, -0.25) is 0 Å². The Morgan fingerprint density at radius 2 is 1.61 bits per heavy atom. The molecule has 0 bridgehead atoms. The highest BCUT2D eigenvalue weighted by Gasteiger charge is 2.13. The molecule has 0 aromatic heterocycles. The molecular weight excluding hydrogens is 357 g/mol. The van der Waals surface area contributed by atoms with Crippen molar-refractivity contribution in [1.82, 2.24) is 5.32 Å². The van der Waals surface area contributed by atoms with E-state index in [0.717, 1.165) is 11.1 Å². The Kier molecular flexibility index (Phi) is 6.85. The van der Waals surface area contributed by atoms with Crippen LogP contribution in [0.15, 0.2) is 30.3 Å². The van der Waals surface area contributed by atoms with Gasteiger partial charge in [0.25, 0.3) is 0 Å². The Morgan fingerprint density at radius 1 is 0.957 bits per heavy atom. The van der Waals surface area contributed by atoms with Crippen LogP contribution in [-0.4, -0.2) is 13.7 Å². The predicted molar refractivity (Wildman–Crippen MR) is 96.2 cm³/mol. The number of rotatable bonds is 7. The summed E-state index contributed by atoms with van der Waals surface area (Å²) in [6.07, 6.45) is 0. The van der Waals surface area contributed by atoms with E-state index in [1.165, 1.54) is 0 Å². The molecule has 2 aromatic rings. The summed E-state index contributed by atoms with van der Waals surface area (Å²) in [4.78, 5) is 0. The summed E-state index contributed by atoms with van der Waals surface area (Å²) in [5.41, 5.74) is 1.68. The highest BCUT2D eigenvalue weighted by Crippen LogP contribution is 2.35. The maximum absolute atomic E-state index is 6.30. The van der Waals surface area contributed by atoms with Gasteiger partial charge in [-0.1, -0.05) is 40.9 Å². The Morgan fingerprint density at radius 3 is 2.22 bits per heavy atom. The molecule has 0 amide bonds. The highest BCUT2D eigenvalue weighted by molar-refractivity contribution is 6.36. The van der Waals surface area contributed by atoms with Gasteiger partial charge in [-0.05, 0) is 37.7 Å². The van der Waals surface area contributed by atoms with Crippen molar-refractivity contribution in [3.63, 3.8) is 0 Å². The third-order valence-electron chi connectivity index (χ3n) is 3.21. The van der Waals surface area contributed by atoms with E-state index in [4.69, 9.17) is 44.3 Å². The van der Waals surface area contributed by atoms with E-state index in [9.17, 15) is 0 Å². The van der Waals surface area contributed by atoms with Crippen LogP contribution in [0, 0.1) is 0 Å². The standard InChI is InChI=1S/C17H18Cl3NO2/c1-3-22-16-7-11(9-21-2)15(20)8-17(16)23-10-12-13(18)5-4-6-14(12)19/h4-8,21H,3,9-10H2,1-2H3. The van der Waals surface area contributed by atoms with E-state index in [-0.39, 0.29) is 6.61 Å². The molecule has 0 fully saturated rings. The van der Waals surface area contributed by atoms with Gasteiger partial charge in [-0.15, -0.1) is 0 Å². The topological polar surface area (TPSA) is 30.5 Å². The van der Waals surface area contributed by atoms with Gasteiger partial charge in [-0.25, -0.2) is 0 Å². The summed E-state index contributed by atoms with van der Waals surface area (Å²) in [6, 6.07) is 8.98. The Labute approximate surface area is 151 Å². The molecule has 2 aromatic carbocycles. The molecule has 0 saturated carbocycles. The smallest absolute Gasteiger partial charge is 0.163 e. The lowest BCUT2D eigenvalue weighted by Gasteiger charge is -2.15. The SMILES string of the molecule is CCOc1cc(CNC)c(Cl)cc1OCc1c(Cl)cccc1Cl. The Bertz CT molecular complexity index is 657. The van der Waals surface area contributed by atoms with Gasteiger partial charge in [0.1, 0.15) is 6.61 Å². The molecule has 0 spiro atoms. The number of hydrogen-bond acceptors (Lipinski definition) is 3. The van der Waals surface area contributed by atoms with E-state index in [2.05, 4.69) is 5.32 Å². The van der Waals surface area contributed by atoms with Gasteiger partial charge in [0.05, 0.1) is 6.61 Å². The first-order chi connectivity index (χ1) is 11.1. The van der Waals surface area contributed by atoms with Crippen LogP contribution in [0.4, 0.5) is 0 Å². The summed E-state index contributed by atoms with van der Waals surface area (Å²) in [5, 5.41) is 4.81. The van der Waals surface area contributed by atoms with Crippen molar-refractivity contribution >= 4 is 34.8 Å². The van der Waals surface area contributed by atoms with Crippen molar-refractivity contribution in [2.45, 2.75) is 20.1 Å². The molecular formula is C17H18Cl3NO2. The van der Waals surface area contributed by atoms with Crippen molar-refractivity contribution in [3.8, 4) is 11.5 Å². The summed E-state index contributed by atoms with van der Waals surface area (Å²) in [7, 11) is 1.86. The zero-order chi connectivity index (χ0) is 16.8. The van der Waals surface area contributed by atoms with Crippen molar-refractivity contribution < 1.29 is 9.47 Å². The van der Waals surface area contributed by atoms with Gasteiger partial charge in [0.15, 0.2) is 11.5 Å². The predicted octanol–water partition coefficient (Wildman–Crippen LogP) is 5.34. The summed E-state index contributed by atoms with van der Waals surface area (Å²) in [6.45, 7) is 3.33. The van der Waals surface area contributed by atoms with Crippen molar-refractivity contribution in [1.29, 1.82) is 0 Å². The molecule has 0 radical (unpaired) electrons. The molecule has 124 valence electrons. The molecule has 0 saturated heterocycles. The lowest BCUT2D eigenvalue weighted by Crippen LogP contribution is -2.07. The summed E-state index contributed by atoms with van der Waals surface area (Å²) >= 11 is 18.6. The van der Waals surface area contributed by atoms with Crippen molar-refractivity contribution in [2.24, 2.45) is 0 Å². The third kappa shape index (κ3) is 4.67. The maximum atomic E-state index is 6.30. The maximum Gasteiger partial charge on any atom is 0.163 e. The van der Waals surface area contributed by atoms with Crippen LogP contribution >= 0.6 is 34.8 Å². The highest BCUT2D eigenvalue weighted by atomic mass is 35.5. The first-order valence-corrected chi connectivity index (χ1v) is 8.35. The molecule has 0 aliphatic rings. The molecule has 0 aliphatic heterocycles. The Balaban J connectivity index is 2.26. The van der Waals surface area contributed by atoms with E-state index >= 15 is 0 Å². The number of halogens is 3. The normalized spacial score (nSPS) is 10.7. The van der Waals surface area contributed by atoms with E-state index in [0.29, 0.717) is 39.7 Å². The van der Waals surface area contributed by atoms with Crippen LogP contribution < -0.4 is 14.8 Å². The molecule has 6 heteroatoms. The quantitative estimate of drug-likeness (QED) is 0.709. The third-order valence-corrected chi connectivity index (χ3v) is 4.27. The van der Waals surface area contributed by atoms with Crippen LogP contribution in [0.25, 0.3) is 0 Å². The summed E-state index contributed by atoms with van der Waals surface area (Å²) < 4.78 is 11.5. The first-order valence-electron chi connectivity index (χ1n) is 7.22. The minimum absolute atomic E-state index is 0.236. The van der Waals surface area contributed by atoms with E-state index < -0.39 is 0 Å². The molecule has 23 heavy (non-hydrogen) atoms. The average molecular weight is 375 g/mol. The average Bonchev–Trinajstić information content (AvgIpc) is 2.51. The zero-order valence-corrected chi connectivity index (χ0v) is 15.2. The molecule has 3 nitrogen and oxygen atoms in total. The monoisotopic (exact) mass is 373 g/mol. The van der Waals surface area contributed by atoms with E-state index in [1.54, 1.807) is 24.3 Å². The first kappa shape index (κ1) is 18.2. The largest absolute Gasteiger partial charge is 0.490 e. The molecule has 2 rings (SSSR count). The molecule has 0 aliphatic carbocycles. The fourth-order valence-corrected chi connectivity index (χ4v) is 2.83. The van der Waals surface area contributed by atoms with Crippen LogP contribution in [0.2, 0.25) is 15.1 Å². The number of benzene rings is 2. The number of ether oxygens (including phenoxy) is 2.